The number of hydrogen-bond donors (Lipinski definition) is 0. The summed E-state index contributed by atoms with van der Waals surface area (Å²) in [7, 11) is 2.02. The molecule has 0 radical (unpaired) electrons. The van der Waals surface area contributed by atoms with E-state index >= 15 is 0 Å². The van der Waals surface area contributed by atoms with Gasteiger partial charge in [0.2, 0.25) is 0 Å². The van der Waals surface area contributed by atoms with Gasteiger partial charge in [-0.05, 0) is 22.4 Å². The number of hydrogen-bond acceptors (Lipinski definition) is 1. The standard InChI is InChI=1S/C7H11BrN2/c1-3-4-6-5-9-7(8)10(6)2/h5H,3-4H2,1-2H3. The SMILES string of the molecule is CCCc1cnc(Br)n1C. The molecule has 0 spiro atoms. The quantitative estimate of drug-likeness (QED) is 0.719. The van der Waals surface area contributed by atoms with Crippen molar-refractivity contribution >= 4 is 15.9 Å². The van der Waals surface area contributed by atoms with Crippen molar-refractivity contribution in [2.45, 2.75) is 19.8 Å². The van der Waals surface area contributed by atoms with Gasteiger partial charge in [-0.2, -0.15) is 0 Å². The Morgan fingerprint density at radius 3 is 2.80 bits per heavy atom. The van der Waals surface area contributed by atoms with Crippen molar-refractivity contribution < 1.29 is 0 Å². The summed E-state index contributed by atoms with van der Waals surface area (Å²) in [5.41, 5.74) is 1.29. The van der Waals surface area contributed by atoms with Gasteiger partial charge in [0.15, 0.2) is 4.73 Å². The number of aryl methyl sites for hydroxylation is 1. The normalized spacial score (nSPS) is 10.3. The first-order chi connectivity index (χ1) is 4.75. The zero-order valence-electron chi connectivity index (χ0n) is 6.26. The van der Waals surface area contributed by atoms with Crippen LogP contribution in [0.25, 0.3) is 0 Å². The van der Waals surface area contributed by atoms with Crippen LogP contribution >= 0.6 is 15.9 Å². The lowest BCUT2D eigenvalue weighted by atomic mass is 10.3. The van der Waals surface area contributed by atoms with Gasteiger partial charge >= 0.3 is 0 Å². The van der Waals surface area contributed by atoms with E-state index in [4.69, 9.17) is 0 Å². The molecule has 1 heterocycles. The van der Waals surface area contributed by atoms with Gasteiger partial charge in [0.1, 0.15) is 0 Å². The van der Waals surface area contributed by atoms with Crippen molar-refractivity contribution in [2.75, 3.05) is 0 Å². The molecule has 1 aromatic heterocycles. The Morgan fingerprint density at radius 2 is 2.40 bits per heavy atom. The van der Waals surface area contributed by atoms with Gasteiger partial charge in [-0.25, -0.2) is 4.98 Å². The topological polar surface area (TPSA) is 17.8 Å². The average molecular weight is 203 g/mol. The maximum atomic E-state index is 4.11. The van der Waals surface area contributed by atoms with Crippen LogP contribution in [0.4, 0.5) is 0 Å². The lowest BCUT2D eigenvalue weighted by Gasteiger charge is -1.98. The fraction of sp³-hybridized carbons (Fsp3) is 0.571. The molecule has 0 aliphatic rings. The molecule has 3 heteroatoms. The van der Waals surface area contributed by atoms with Crippen molar-refractivity contribution in [1.29, 1.82) is 0 Å². The van der Waals surface area contributed by atoms with Gasteiger partial charge < -0.3 is 4.57 Å². The van der Waals surface area contributed by atoms with E-state index in [1.54, 1.807) is 0 Å². The largest absolute Gasteiger partial charge is 0.326 e. The highest BCUT2D eigenvalue weighted by molar-refractivity contribution is 9.10. The summed E-state index contributed by atoms with van der Waals surface area (Å²) in [5, 5.41) is 0. The molecule has 0 amide bonds. The van der Waals surface area contributed by atoms with Gasteiger partial charge in [-0.1, -0.05) is 13.3 Å². The number of imidazole rings is 1. The third-order valence-corrected chi connectivity index (χ3v) is 2.27. The molecule has 0 fully saturated rings. The Labute approximate surface area is 69.4 Å². The molecule has 10 heavy (non-hydrogen) atoms. The molecule has 2 nitrogen and oxygen atoms in total. The minimum Gasteiger partial charge on any atom is -0.326 e. The van der Waals surface area contributed by atoms with Crippen LogP contribution in [-0.2, 0) is 13.5 Å². The molecule has 0 atom stereocenters. The van der Waals surface area contributed by atoms with Crippen LogP contribution in [0.1, 0.15) is 19.0 Å². The van der Waals surface area contributed by atoms with E-state index in [1.165, 1.54) is 12.1 Å². The molecular formula is C7H11BrN2. The van der Waals surface area contributed by atoms with Gasteiger partial charge in [-0.15, -0.1) is 0 Å². The van der Waals surface area contributed by atoms with E-state index in [-0.39, 0.29) is 0 Å². The number of aromatic nitrogens is 2. The van der Waals surface area contributed by atoms with Crippen LogP contribution in [-0.4, -0.2) is 9.55 Å². The monoisotopic (exact) mass is 202 g/mol. The van der Waals surface area contributed by atoms with Crippen molar-refractivity contribution in [3.63, 3.8) is 0 Å². The van der Waals surface area contributed by atoms with E-state index in [2.05, 4.69) is 32.4 Å². The molecule has 0 aliphatic heterocycles. The number of halogens is 1. The third kappa shape index (κ3) is 1.40. The number of rotatable bonds is 2. The summed E-state index contributed by atoms with van der Waals surface area (Å²) in [6, 6.07) is 0. The summed E-state index contributed by atoms with van der Waals surface area (Å²) in [4.78, 5) is 4.11. The second-order valence-electron chi connectivity index (χ2n) is 2.33. The molecule has 56 valence electrons. The highest BCUT2D eigenvalue weighted by Crippen LogP contribution is 2.10. The zero-order valence-corrected chi connectivity index (χ0v) is 7.85. The Bertz CT molecular complexity index is 217. The number of nitrogens with zero attached hydrogens (tertiary/aromatic N) is 2. The lowest BCUT2D eigenvalue weighted by molar-refractivity contribution is 0.771. The van der Waals surface area contributed by atoms with E-state index in [0.717, 1.165) is 11.2 Å². The van der Waals surface area contributed by atoms with Crippen LogP contribution in [0.2, 0.25) is 0 Å². The molecule has 0 aliphatic carbocycles. The summed E-state index contributed by atoms with van der Waals surface area (Å²) in [6.45, 7) is 2.17. The van der Waals surface area contributed by atoms with E-state index < -0.39 is 0 Å². The minimum atomic E-state index is 0.913. The molecular weight excluding hydrogens is 192 g/mol. The summed E-state index contributed by atoms with van der Waals surface area (Å²) in [6.07, 6.45) is 4.19. The van der Waals surface area contributed by atoms with Crippen LogP contribution in [0.5, 0.6) is 0 Å². The van der Waals surface area contributed by atoms with Crippen molar-refractivity contribution in [1.82, 2.24) is 9.55 Å². The molecule has 1 rings (SSSR count). The van der Waals surface area contributed by atoms with Crippen molar-refractivity contribution in [2.24, 2.45) is 7.05 Å². The smallest absolute Gasteiger partial charge is 0.177 e. The van der Waals surface area contributed by atoms with Crippen LogP contribution < -0.4 is 0 Å². The van der Waals surface area contributed by atoms with Crippen molar-refractivity contribution in [3.05, 3.63) is 16.6 Å². The first kappa shape index (κ1) is 7.79. The first-order valence-corrected chi connectivity index (χ1v) is 4.21. The highest BCUT2D eigenvalue weighted by Gasteiger charge is 2.00. The molecule has 0 saturated carbocycles. The summed E-state index contributed by atoms with van der Waals surface area (Å²) in [5.74, 6) is 0. The predicted molar refractivity (Wildman–Crippen MR) is 44.9 cm³/mol. The van der Waals surface area contributed by atoms with E-state index in [0.29, 0.717) is 0 Å². The second-order valence-corrected chi connectivity index (χ2v) is 3.04. The molecule has 0 aromatic carbocycles. The Kier molecular flexibility index (Phi) is 2.49. The lowest BCUT2D eigenvalue weighted by Crippen LogP contribution is -1.95. The molecule has 0 bridgehead atoms. The summed E-state index contributed by atoms with van der Waals surface area (Å²) >= 11 is 3.34. The fourth-order valence-corrected chi connectivity index (χ4v) is 1.24. The zero-order chi connectivity index (χ0) is 7.56. The molecule has 0 saturated heterocycles. The van der Waals surface area contributed by atoms with Gasteiger partial charge in [0.25, 0.3) is 0 Å². The maximum Gasteiger partial charge on any atom is 0.177 e. The highest BCUT2D eigenvalue weighted by atomic mass is 79.9. The molecule has 0 unspecified atom stereocenters. The average Bonchev–Trinajstić information content (AvgIpc) is 2.20. The minimum absolute atomic E-state index is 0.913. The van der Waals surface area contributed by atoms with Crippen LogP contribution in [0.3, 0.4) is 0 Å². The van der Waals surface area contributed by atoms with E-state index in [9.17, 15) is 0 Å². The Balaban J connectivity index is 2.83. The third-order valence-electron chi connectivity index (χ3n) is 1.53. The van der Waals surface area contributed by atoms with Gasteiger partial charge in [-0.3, -0.25) is 0 Å². The first-order valence-electron chi connectivity index (χ1n) is 3.41. The van der Waals surface area contributed by atoms with E-state index in [1.807, 2.05) is 13.2 Å². The second kappa shape index (κ2) is 3.19. The van der Waals surface area contributed by atoms with Crippen LogP contribution in [0, 0.1) is 0 Å². The van der Waals surface area contributed by atoms with Gasteiger partial charge in [0, 0.05) is 18.9 Å². The van der Waals surface area contributed by atoms with Gasteiger partial charge in [0.05, 0.1) is 0 Å². The fourth-order valence-electron chi connectivity index (χ4n) is 0.908. The summed E-state index contributed by atoms with van der Waals surface area (Å²) < 4.78 is 2.97. The van der Waals surface area contributed by atoms with Crippen LogP contribution in [0.15, 0.2) is 10.9 Å². The molecule has 1 aromatic rings. The van der Waals surface area contributed by atoms with Crippen molar-refractivity contribution in [3.8, 4) is 0 Å². The Morgan fingerprint density at radius 1 is 1.70 bits per heavy atom. The maximum absolute atomic E-state index is 4.11. The Hall–Kier alpha value is -0.310. The predicted octanol–water partition coefficient (Wildman–Crippen LogP) is 2.14. The molecule has 0 N–H and O–H groups in total.